The summed E-state index contributed by atoms with van der Waals surface area (Å²) in [4.78, 5) is 12.1. The standard InChI is InChI=1S/C25H42O3/c1-9-11-12-13-14-15-16-18-20(28-21(26)10-2)17-19(24(3,4)5)23(27)22(18)25(6,7)8/h17,27H,9-16H2,1-8H3. The molecule has 28 heavy (non-hydrogen) atoms. The maximum absolute atomic E-state index is 12.1. The van der Waals surface area contributed by atoms with Gasteiger partial charge in [0.15, 0.2) is 0 Å². The van der Waals surface area contributed by atoms with Gasteiger partial charge in [-0.25, -0.2) is 0 Å². The van der Waals surface area contributed by atoms with Gasteiger partial charge in [-0.2, -0.15) is 0 Å². The first-order valence-electron chi connectivity index (χ1n) is 11.0. The van der Waals surface area contributed by atoms with Gasteiger partial charge in [-0.1, -0.05) is 87.5 Å². The topological polar surface area (TPSA) is 46.5 Å². The average molecular weight is 391 g/mol. The number of ether oxygens (including phenoxy) is 1. The summed E-state index contributed by atoms with van der Waals surface area (Å²) in [6.07, 6.45) is 8.39. The fraction of sp³-hybridized carbons (Fsp3) is 0.720. The maximum atomic E-state index is 12.1. The van der Waals surface area contributed by atoms with Crippen molar-refractivity contribution in [2.24, 2.45) is 0 Å². The van der Waals surface area contributed by atoms with E-state index in [0.29, 0.717) is 17.9 Å². The molecule has 0 aliphatic carbocycles. The molecule has 160 valence electrons. The molecule has 0 saturated heterocycles. The van der Waals surface area contributed by atoms with E-state index >= 15 is 0 Å². The van der Waals surface area contributed by atoms with E-state index in [1.54, 1.807) is 0 Å². The molecule has 3 nitrogen and oxygen atoms in total. The predicted octanol–water partition coefficient (Wildman–Crippen LogP) is 7.21. The molecular weight excluding hydrogens is 348 g/mol. The molecule has 0 atom stereocenters. The van der Waals surface area contributed by atoms with Gasteiger partial charge in [0, 0.05) is 23.1 Å². The fourth-order valence-electron chi connectivity index (χ4n) is 3.68. The zero-order valence-corrected chi connectivity index (χ0v) is 19.5. The van der Waals surface area contributed by atoms with Gasteiger partial charge in [-0.15, -0.1) is 0 Å². The highest BCUT2D eigenvalue weighted by atomic mass is 16.5. The number of phenolic OH excluding ortho intramolecular Hbond substituents is 1. The Bertz CT molecular complexity index is 645. The third-order valence-corrected chi connectivity index (χ3v) is 5.22. The number of aromatic hydroxyl groups is 1. The summed E-state index contributed by atoms with van der Waals surface area (Å²) in [5, 5.41) is 11.2. The van der Waals surface area contributed by atoms with Crippen LogP contribution in [0.4, 0.5) is 0 Å². The lowest BCUT2D eigenvalue weighted by Gasteiger charge is -2.31. The van der Waals surface area contributed by atoms with Crippen LogP contribution in [0.15, 0.2) is 6.07 Å². The van der Waals surface area contributed by atoms with Crippen molar-refractivity contribution in [2.75, 3.05) is 0 Å². The van der Waals surface area contributed by atoms with Crippen molar-refractivity contribution in [1.29, 1.82) is 0 Å². The van der Waals surface area contributed by atoms with Gasteiger partial charge in [-0.3, -0.25) is 4.79 Å². The number of benzene rings is 1. The lowest BCUT2D eigenvalue weighted by molar-refractivity contribution is -0.134. The van der Waals surface area contributed by atoms with E-state index in [1.807, 2.05) is 13.0 Å². The Hall–Kier alpha value is -1.51. The van der Waals surface area contributed by atoms with Crippen LogP contribution in [0.3, 0.4) is 0 Å². The second kappa shape index (κ2) is 10.3. The number of carbonyl (C=O) groups excluding carboxylic acids is 1. The molecule has 0 amide bonds. The molecular formula is C25H42O3. The third kappa shape index (κ3) is 6.83. The Morgan fingerprint density at radius 3 is 2.00 bits per heavy atom. The van der Waals surface area contributed by atoms with E-state index in [9.17, 15) is 9.90 Å². The van der Waals surface area contributed by atoms with Crippen LogP contribution in [0.2, 0.25) is 0 Å². The summed E-state index contributed by atoms with van der Waals surface area (Å²) in [5.41, 5.74) is 2.28. The molecule has 1 aromatic carbocycles. The molecule has 0 unspecified atom stereocenters. The first-order valence-corrected chi connectivity index (χ1v) is 11.0. The zero-order valence-electron chi connectivity index (χ0n) is 19.5. The maximum Gasteiger partial charge on any atom is 0.310 e. The van der Waals surface area contributed by atoms with Crippen LogP contribution in [0.5, 0.6) is 11.5 Å². The highest BCUT2D eigenvalue weighted by molar-refractivity contribution is 5.73. The minimum Gasteiger partial charge on any atom is -0.507 e. The van der Waals surface area contributed by atoms with Gasteiger partial charge in [0.25, 0.3) is 0 Å². The van der Waals surface area contributed by atoms with Crippen molar-refractivity contribution in [1.82, 2.24) is 0 Å². The highest BCUT2D eigenvalue weighted by Gasteiger charge is 2.31. The summed E-state index contributed by atoms with van der Waals surface area (Å²) in [5.74, 6) is 0.764. The van der Waals surface area contributed by atoms with Crippen LogP contribution in [0, 0.1) is 0 Å². The summed E-state index contributed by atoms with van der Waals surface area (Å²) >= 11 is 0. The van der Waals surface area contributed by atoms with Crippen molar-refractivity contribution in [3.8, 4) is 11.5 Å². The Morgan fingerprint density at radius 1 is 0.929 bits per heavy atom. The van der Waals surface area contributed by atoms with Crippen LogP contribution < -0.4 is 4.74 Å². The number of unbranched alkanes of at least 4 members (excludes halogenated alkanes) is 5. The Labute approximate surface area is 172 Å². The Balaban J connectivity index is 3.37. The van der Waals surface area contributed by atoms with E-state index in [-0.39, 0.29) is 16.8 Å². The highest BCUT2D eigenvalue weighted by Crippen LogP contribution is 2.45. The van der Waals surface area contributed by atoms with Crippen LogP contribution >= 0.6 is 0 Å². The first kappa shape index (κ1) is 24.5. The summed E-state index contributed by atoms with van der Waals surface area (Å²) < 4.78 is 5.77. The fourth-order valence-corrected chi connectivity index (χ4v) is 3.68. The number of rotatable bonds is 9. The molecule has 0 saturated carbocycles. The number of phenols is 1. The molecule has 1 aromatic rings. The van der Waals surface area contributed by atoms with Crippen molar-refractivity contribution < 1.29 is 14.6 Å². The SMILES string of the molecule is CCCCCCCCc1c(OC(=O)CC)cc(C(C)(C)C)c(O)c1C(C)(C)C. The second-order valence-corrected chi connectivity index (χ2v) is 9.97. The summed E-state index contributed by atoms with van der Waals surface area (Å²) in [7, 11) is 0. The van der Waals surface area contributed by atoms with Crippen LogP contribution in [-0.2, 0) is 22.0 Å². The molecule has 0 aromatic heterocycles. The molecule has 0 aliphatic rings. The van der Waals surface area contributed by atoms with Crippen LogP contribution in [-0.4, -0.2) is 11.1 Å². The number of hydrogen-bond acceptors (Lipinski definition) is 3. The van der Waals surface area contributed by atoms with E-state index in [0.717, 1.165) is 36.0 Å². The molecule has 0 spiro atoms. The van der Waals surface area contributed by atoms with E-state index in [4.69, 9.17) is 4.74 Å². The molecule has 0 bridgehead atoms. The molecule has 1 N–H and O–H groups in total. The number of carbonyl (C=O) groups is 1. The van der Waals surface area contributed by atoms with Gasteiger partial charge < -0.3 is 9.84 Å². The lowest BCUT2D eigenvalue weighted by Crippen LogP contribution is -2.21. The molecule has 0 heterocycles. The lowest BCUT2D eigenvalue weighted by atomic mass is 9.76. The van der Waals surface area contributed by atoms with Gasteiger partial charge in [0.2, 0.25) is 0 Å². The molecule has 1 rings (SSSR count). The monoisotopic (exact) mass is 390 g/mol. The van der Waals surface area contributed by atoms with Gasteiger partial charge in [0.1, 0.15) is 11.5 Å². The minimum atomic E-state index is -0.240. The average Bonchev–Trinajstić information content (AvgIpc) is 2.57. The van der Waals surface area contributed by atoms with Crippen LogP contribution in [0.1, 0.15) is 117 Å². The van der Waals surface area contributed by atoms with Crippen molar-refractivity contribution >= 4 is 5.97 Å². The second-order valence-electron chi connectivity index (χ2n) is 9.97. The molecule has 0 radical (unpaired) electrons. The quantitative estimate of drug-likeness (QED) is 0.275. The first-order chi connectivity index (χ1) is 12.9. The number of hydrogen-bond donors (Lipinski definition) is 1. The Morgan fingerprint density at radius 2 is 1.50 bits per heavy atom. The van der Waals surface area contributed by atoms with E-state index in [1.165, 1.54) is 25.7 Å². The third-order valence-electron chi connectivity index (χ3n) is 5.22. The molecule has 0 fully saturated rings. The van der Waals surface area contributed by atoms with Crippen LogP contribution in [0.25, 0.3) is 0 Å². The molecule has 3 heteroatoms. The zero-order chi connectivity index (χ0) is 21.5. The largest absolute Gasteiger partial charge is 0.507 e. The van der Waals surface area contributed by atoms with Crippen molar-refractivity contribution in [3.63, 3.8) is 0 Å². The van der Waals surface area contributed by atoms with Gasteiger partial charge in [-0.05, 0) is 29.7 Å². The Kier molecular flexibility index (Phi) is 9.04. The van der Waals surface area contributed by atoms with Crippen molar-refractivity contribution in [2.45, 2.75) is 118 Å². The number of esters is 1. The normalized spacial score (nSPS) is 12.3. The van der Waals surface area contributed by atoms with Crippen molar-refractivity contribution in [3.05, 3.63) is 22.8 Å². The van der Waals surface area contributed by atoms with Gasteiger partial charge >= 0.3 is 5.97 Å². The smallest absolute Gasteiger partial charge is 0.310 e. The minimum absolute atomic E-state index is 0.227. The summed E-state index contributed by atoms with van der Waals surface area (Å²) in [6, 6.07) is 1.89. The van der Waals surface area contributed by atoms with E-state index in [2.05, 4.69) is 48.5 Å². The van der Waals surface area contributed by atoms with Gasteiger partial charge in [0.05, 0.1) is 0 Å². The summed E-state index contributed by atoms with van der Waals surface area (Å²) in [6.45, 7) is 16.6. The van der Waals surface area contributed by atoms with E-state index < -0.39 is 0 Å². The predicted molar refractivity (Wildman–Crippen MR) is 119 cm³/mol. The molecule has 0 aliphatic heterocycles.